The molecule has 1 aliphatic heterocycles. The lowest BCUT2D eigenvalue weighted by molar-refractivity contribution is -0.143. The second-order valence-corrected chi connectivity index (χ2v) is 7.50. The highest BCUT2D eigenvalue weighted by atomic mass is 16.4. The first-order valence-corrected chi connectivity index (χ1v) is 9.17. The number of benzene rings is 1. The first-order chi connectivity index (χ1) is 12.2. The van der Waals surface area contributed by atoms with Gasteiger partial charge in [-0.05, 0) is 61.4 Å². The maximum Gasteiger partial charge on any atom is 0.309 e. The molecule has 0 radical (unpaired) electrons. The van der Waals surface area contributed by atoms with Gasteiger partial charge in [-0.3, -0.25) is 9.48 Å². The Labute approximate surface area is 148 Å². The van der Waals surface area contributed by atoms with E-state index in [-0.39, 0.29) is 0 Å². The number of aliphatic carboxylic acids is 1. The van der Waals surface area contributed by atoms with E-state index in [1.54, 1.807) is 16.4 Å². The lowest BCUT2D eigenvalue weighted by Gasteiger charge is -2.41. The topological polar surface area (TPSA) is 58.4 Å². The van der Waals surface area contributed by atoms with Gasteiger partial charge >= 0.3 is 5.97 Å². The summed E-state index contributed by atoms with van der Waals surface area (Å²) in [5.41, 5.74) is 3.38. The molecular weight excluding hydrogens is 314 g/mol. The average Bonchev–Trinajstić information content (AvgIpc) is 3.25. The molecule has 5 nitrogen and oxygen atoms in total. The standard InChI is InChI=1S/C20H25N3O2/c24-19(25)17(15-23-11-3-10-21-23)14-22-12-8-20(9-13-22)7-6-16-4-1-2-5-18(16)20/h1-5,10-11,17H,6-9,12-15H2,(H,24,25). The second kappa shape index (κ2) is 6.64. The highest BCUT2D eigenvalue weighted by Crippen LogP contribution is 2.46. The number of rotatable bonds is 5. The number of aromatic nitrogens is 2. The number of carboxylic acids is 1. The molecule has 25 heavy (non-hydrogen) atoms. The lowest BCUT2D eigenvalue weighted by Crippen LogP contribution is -2.45. The van der Waals surface area contributed by atoms with Crippen LogP contribution in [0.25, 0.3) is 0 Å². The molecule has 5 heteroatoms. The van der Waals surface area contributed by atoms with Gasteiger partial charge in [-0.1, -0.05) is 24.3 Å². The Morgan fingerprint density at radius 3 is 2.68 bits per heavy atom. The third-order valence-electron chi connectivity index (χ3n) is 6.07. The van der Waals surface area contributed by atoms with Gasteiger partial charge in [-0.2, -0.15) is 5.10 Å². The number of carbonyl (C=O) groups is 1. The van der Waals surface area contributed by atoms with Crippen LogP contribution in [-0.2, 0) is 23.2 Å². The highest BCUT2D eigenvalue weighted by Gasteiger charge is 2.41. The van der Waals surface area contributed by atoms with Gasteiger partial charge in [-0.15, -0.1) is 0 Å². The molecule has 1 fully saturated rings. The first-order valence-electron chi connectivity index (χ1n) is 9.17. The summed E-state index contributed by atoms with van der Waals surface area (Å²) in [4.78, 5) is 14.0. The van der Waals surface area contributed by atoms with Gasteiger partial charge < -0.3 is 10.0 Å². The zero-order valence-electron chi connectivity index (χ0n) is 14.5. The summed E-state index contributed by atoms with van der Waals surface area (Å²) >= 11 is 0. The number of hydrogen-bond acceptors (Lipinski definition) is 3. The van der Waals surface area contributed by atoms with Crippen LogP contribution < -0.4 is 0 Å². The predicted octanol–water partition coefficient (Wildman–Crippen LogP) is 2.56. The van der Waals surface area contributed by atoms with Crippen LogP contribution >= 0.6 is 0 Å². The maximum absolute atomic E-state index is 11.6. The molecule has 1 aromatic carbocycles. The molecule has 0 bridgehead atoms. The fraction of sp³-hybridized carbons (Fsp3) is 0.500. The van der Waals surface area contributed by atoms with E-state index in [1.807, 2.05) is 12.3 Å². The van der Waals surface area contributed by atoms with Gasteiger partial charge in [-0.25, -0.2) is 0 Å². The van der Waals surface area contributed by atoms with Crippen molar-refractivity contribution in [2.45, 2.75) is 37.6 Å². The number of nitrogens with zero attached hydrogens (tertiary/aromatic N) is 3. The van der Waals surface area contributed by atoms with Crippen LogP contribution in [0, 0.1) is 5.92 Å². The minimum atomic E-state index is -0.734. The number of aryl methyl sites for hydroxylation is 1. The van der Waals surface area contributed by atoms with Gasteiger partial charge in [0.05, 0.1) is 12.5 Å². The zero-order valence-corrected chi connectivity index (χ0v) is 14.5. The molecular formula is C20H25N3O2. The molecule has 4 rings (SSSR count). The third kappa shape index (κ3) is 3.21. The van der Waals surface area contributed by atoms with Crippen LogP contribution in [0.1, 0.15) is 30.4 Å². The number of fused-ring (bicyclic) bond motifs is 2. The Bertz CT molecular complexity index is 733. The molecule has 1 aliphatic carbocycles. The van der Waals surface area contributed by atoms with Crippen LogP contribution in [0.5, 0.6) is 0 Å². The molecule has 2 aliphatic rings. The van der Waals surface area contributed by atoms with Crippen LogP contribution in [-0.4, -0.2) is 45.4 Å². The van der Waals surface area contributed by atoms with Crippen molar-refractivity contribution >= 4 is 5.97 Å². The van der Waals surface area contributed by atoms with Gasteiger partial charge in [0.2, 0.25) is 0 Å². The first kappa shape index (κ1) is 16.3. The Morgan fingerprint density at radius 2 is 1.96 bits per heavy atom. The van der Waals surface area contributed by atoms with E-state index in [2.05, 4.69) is 34.3 Å². The molecule has 0 amide bonds. The van der Waals surface area contributed by atoms with Crippen molar-refractivity contribution < 1.29 is 9.90 Å². The van der Waals surface area contributed by atoms with Crippen LogP contribution in [0.4, 0.5) is 0 Å². The lowest BCUT2D eigenvalue weighted by atomic mass is 9.74. The van der Waals surface area contributed by atoms with E-state index in [9.17, 15) is 9.90 Å². The molecule has 1 saturated heterocycles. The SMILES string of the molecule is O=C(O)C(CN1CCC2(CCc3ccccc32)CC1)Cn1cccn1. The van der Waals surface area contributed by atoms with Crippen LogP contribution in [0.2, 0.25) is 0 Å². The summed E-state index contributed by atoms with van der Waals surface area (Å²) in [5, 5.41) is 13.7. The van der Waals surface area contributed by atoms with Crippen molar-refractivity contribution in [2.24, 2.45) is 5.92 Å². The molecule has 1 atom stereocenters. The van der Waals surface area contributed by atoms with Crippen molar-refractivity contribution in [3.63, 3.8) is 0 Å². The van der Waals surface area contributed by atoms with Crippen molar-refractivity contribution in [3.05, 3.63) is 53.9 Å². The molecule has 1 unspecified atom stereocenters. The maximum atomic E-state index is 11.6. The van der Waals surface area contributed by atoms with Gasteiger partial charge in [0.15, 0.2) is 0 Å². The summed E-state index contributed by atoms with van der Waals surface area (Å²) in [6.07, 6.45) is 8.23. The monoisotopic (exact) mass is 339 g/mol. The zero-order chi connectivity index (χ0) is 17.3. The molecule has 1 spiro atoms. The van der Waals surface area contributed by atoms with Crippen molar-refractivity contribution in [2.75, 3.05) is 19.6 Å². The summed E-state index contributed by atoms with van der Waals surface area (Å²) in [6.45, 7) is 3.01. The fourth-order valence-electron chi connectivity index (χ4n) is 4.61. The molecule has 2 aromatic rings. The highest BCUT2D eigenvalue weighted by molar-refractivity contribution is 5.70. The summed E-state index contributed by atoms with van der Waals surface area (Å²) in [5.74, 6) is -1.15. The molecule has 0 saturated carbocycles. The smallest absolute Gasteiger partial charge is 0.309 e. The van der Waals surface area contributed by atoms with Crippen LogP contribution in [0.3, 0.4) is 0 Å². The van der Waals surface area contributed by atoms with E-state index < -0.39 is 11.9 Å². The molecule has 2 heterocycles. The molecule has 1 N–H and O–H groups in total. The summed E-state index contributed by atoms with van der Waals surface area (Å²) in [6, 6.07) is 10.7. The Morgan fingerprint density at radius 1 is 1.16 bits per heavy atom. The molecule has 1 aromatic heterocycles. The van der Waals surface area contributed by atoms with Crippen molar-refractivity contribution in [1.82, 2.24) is 14.7 Å². The number of piperidine rings is 1. The number of carboxylic acid groups (broad SMARTS) is 1. The van der Waals surface area contributed by atoms with Gasteiger partial charge in [0, 0.05) is 18.9 Å². The van der Waals surface area contributed by atoms with E-state index >= 15 is 0 Å². The minimum Gasteiger partial charge on any atom is -0.481 e. The Balaban J connectivity index is 1.39. The fourth-order valence-corrected chi connectivity index (χ4v) is 4.61. The third-order valence-corrected chi connectivity index (χ3v) is 6.07. The van der Waals surface area contributed by atoms with Gasteiger partial charge in [0.1, 0.15) is 0 Å². The average molecular weight is 339 g/mol. The van der Waals surface area contributed by atoms with E-state index in [1.165, 1.54) is 18.4 Å². The minimum absolute atomic E-state index is 0.327. The number of hydrogen-bond donors (Lipinski definition) is 1. The van der Waals surface area contributed by atoms with Crippen molar-refractivity contribution in [1.29, 1.82) is 0 Å². The van der Waals surface area contributed by atoms with Crippen LogP contribution in [0.15, 0.2) is 42.7 Å². The molecule has 132 valence electrons. The second-order valence-electron chi connectivity index (χ2n) is 7.50. The summed E-state index contributed by atoms with van der Waals surface area (Å²) in [7, 11) is 0. The quantitative estimate of drug-likeness (QED) is 0.909. The van der Waals surface area contributed by atoms with E-state index in [4.69, 9.17) is 0 Å². The van der Waals surface area contributed by atoms with E-state index in [0.717, 1.165) is 25.9 Å². The summed E-state index contributed by atoms with van der Waals surface area (Å²) < 4.78 is 1.72. The largest absolute Gasteiger partial charge is 0.481 e. The van der Waals surface area contributed by atoms with E-state index in [0.29, 0.717) is 18.5 Å². The van der Waals surface area contributed by atoms with Gasteiger partial charge in [0.25, 0.3) is 0 Å². The number of likely N-dealkylation sites (tertiary alicyclic amines) is 1. The Hall–Kier alpha value is -2.14. The Kier molecular flexibility index (Phi) is 4.34. The normalized spacial score (nSPS) is 20.5. The predicted molar refractivity (Wildman–Crippen MR) is 95.5 cm³/mol. The van der Waals surface area contributed by atoms with Crippen molar-refractivity contribution in [3.8, 4) is 0 Å².